The predicted molar refractivity (Wildman–Crippen MR) is 43.0 cm³/mol. The van der Waals surface area contributed by atoms with Gasteiger partial charge >= 0.3 is 5.97 Å². The molecule has 0 aromatic rings. The van der Waals surface area contributed by atoms with E-state index in [2.05, 4.69) is 4.99 Å². The van der Waals surface area contributed by atoms with Gasteiger partial charge in [-0.15, -0.1) is 11.8 Å². The lowest BCUT2D eigenvalue weighted by Gasteiger charge is -1.94. The van der Waals surface area contributed by atoms with E-state index in [0.717, 1.165) is 5.04 Å². The number of hydrogen-bond donors (Lipinski definition) is 2. The molecule has 0 bridgehead atoms. The zero-order valence-electron chi connectivity index (χ0n) is 5.86. The molecule has 0 aromatic carbocycles. The zero-order chi connectivity index (χ0) is 8.27. The Morgan fingerprint density at radius 3 is 3.00 bits per heavy atom. The van der Waals surface area contributed by atoms with E-state index in [1.54, 1.807) is 0 Å². The summed E-state index contributed by atoms with van der Waals surface area (Å²) in [7, 11) is 0. The third kappa shape index (κ3) is 2.20. The maximum absolute atomic E-state index is 10.4. The van der Waals surface area contributed by atoms with Crippen LogP contribution < -0.4 is 0 Å². The first-order valence-corrected chi connectivity index (χ1v) is 4.25. The molecule has 1 aliphatic heterocycles. The van der Waals surface area contributed by atoms with Crippen molar-refractivity contribution < 1.29 is 15.0 Å². The Hall–Kier alpha value is -0.550. The van der Waals surface area contributed by atoms with E-state index in [9.17, 15) is 4.79 Å². The molecule has 1 atom stereocenters. The number of aliphatic imine (C=N–C) groups is 1. The van der Waals surface area contributed by atoms with E-state index >= 15 is 0 Å². The molecule has 0 aromatic heterocycles. The molecule has 1 unspecified atom stereocenters. The number of aliphatic hydroxyl groups is 1. The first-order chi connectivity index (χ1) is 5.24. The number of hydrogen-bond acceptors (Lipinski definition) is 4. The molecule has 11 heavy (non-hydrogen) atoms. The minimum Gasteiger partial charge on any atom is -0.480 e. The highest BCUT2D eigenvalue weighted by atomic mass is 32.2. The third-order valence-corrected chi connectivity index (χ3v) is 2.44. The molecule has 1 heterocycles. The summed E-state index contributed by atoms with van der Waals surface area (Å²) in [6, 6.07) is -0.596. The highest BCUT2D eigenvalue weighted by Crippen LogP contribution is 2.19. The van der Waals surface area contributed by atoms with Gasteiger partial charge in [0, 0.05) is 18.8 Å². The van der Waals surface area contributed by atoms with Crippen LogP contribution >= 0.6 is 11.8 Å². The summed E-state index contributed by atoms with van der Waals surface area (Å²) in [6.07, 6.45) is 0.481. The van der Waals surface area contributed by atoms with Crippen molar-refractivity contribution in [2.75, 3.05) is 12.4 Å². The second kappa shape index (κ2) is 3.73. The Bertz CT molecular complexity index is 192. The Kier molecular flexibility index (Phi) is 2.90. The first-order valence-electron chi connectivity index (χ1n) is 3.27. The smallest absolute Gasteiger partial charge is 0.329 e. The molecule has 1 aliphatic rings. The third-order valence-electron chi connectivity index (χ3n) is 1.32. The van der Waals surface area contributed by atoms with Crippen molar-refractivity contribution in [1.29, 1.82) is 0 Å². The average molecular weight is 175 g/mol. The van der Waals surface area contributed by atoms with Gasteiger partial charge in [0.05, 0.1) is 5.04 Å². The molecule has 5 heteroatoms. The van der Waals surface area contributed by atoms with Crippen molar-refractivity contribution in [3.05, 3.63) is 0 Å². The molecule has 0 saturated heterocycles. The number of carbonyl (C=O) groups is 1. The van der Waals surface area contributed by atoms with Gasteiger partial charge in [0.2, 0.25) is 0 Å². The molecule has 0 amide bonds. The summed E-state index contributed by atoms with van der Waals surface area (Å²) in [5.41, 5.74) is 0. The fourth-order valence-corrected chi connectivity index (χ4v) is 1.79. The van der Waals surface area contributed by atoms with Crippen LogP contribution in [0.3, 0.4) is 0 Å². The maximum atomic E-state index is 10.4. The van der Waals surface area contributed by atoms with E-state index in [1.807, 2.05) is 0 Å². The minimum absolute atomic E-state index is 0.0399. The van der Waals surface area contributed by atoms with Crippen LogP contribution in [0.1, 0.15) is 6.42 Å². The Morgan fingerprint density at radius 2 is 2.55 bits per heavy atom. The summed E-state index contributed by atoms with van der Waals surface area (Å²) in [5.74, 6) is -0.379. The van der Waals surface area contributed by atoms with Crippen LogP contribution in [0.2, 0.25) is 0 Å². The molecule has 0 radical (unpaired) electrons. The molecule has 2 N–H and O–H groups in total. The van der Waals surface area contributed by atoms with E-state index in [0.29, 0.717) is 12.2 Å². The van der Waals surface area contributed by atoms with Gasteiger partial charge in [-0.1, -0.05) is 0 Å². The maximum Gasteiger partial charge on any atom is 0.329 e. The summed E-state index contributed by atoms with van der Waals surface area (Å²) >= 11 is 1.41. The van der Waals surface area contributed by atoms with E-state index in [-0.39, 0.29) is 6.61 Å². The van der Waals surface area contributed by atoms with E-state index < -0.39 is 12.0 Å². The van der Waals surface area contributed by atoms with Gasteiger partial charge in [0.15, 0.2) is 6.04 Å². The Balaban J connectivity index is 2.47. The second-order valence-electron chi connectivity index (χ2n) is 2.16. The lowest BCUT2D eigenvalue weighted by molar-refractivity contribution is -0.137. The van der Waals surface area contributed by atoms with Crippen LogP contribution in [-0.2, 0) is 4.79 Å². The number of thioether (sulfide) groups is 1. The van der Waals surface area contributed by atoms with Crippen LogP contribution in [0.5, 0.6) is 0 Å². The van der Waals surface area contributed by atoms with Gasteiger partial charge in [-0.2, -0.15) is 0 Å². The van der Waals surface area contributed by atoms with Crippen molar-refractivity contribution in [1.82, 2.24) is 0 Å². The number of carboxylic acid groups (broad SMARTS) is 1. The van der Waals surface area contributed by atoms with Crippen LogP contribution in [0.25, 0.3) is 0 Å². The van der Waals surface area contributed by atoms with Gasteiger partial charge < -0.3 is 10.2 Å². The first kappa shape index (κ1) is 8.55. The predicted octanol–water partition coefficient (Wildman–Crippen LogP) is -0.0327. The van der Waals surface area contributed by atoms with Gasteiger partial charge in [-0.05, 0) is 0 Å². The number of aliphatic carboxylic acids is 1. The van der Waals surface area contributed by atoms with Crippen LogP contribution in [0.4, 0.5) is 0 Å². The van der Waals surface area contributed by atoms with Crippen molar-refractivity contribution in [2.45, 2.75) is 12.5 Å². The fraction of sp³-hybridized carbons (Fsp3) is 0.667. The summed E-state index contributed by atoms with van der Waals surface area (Å²) < 4.78 is 0. The van der Waals surface area contributed by atoms with Crippen molar-refractivity contribution in [3.63, 3.8) is 0 Å². The molecular formula is C6H9NO3S. The lowest BCUT2D eigenvalue weighted by atomic mass is 10.3. The van der Waals surface area contributed by atoms with Gasteiger partial charge in [-0.3, -0.25) is 4.99 Å². The van der Waals surface area contributed by atoms with Crippen LogP contribution in [0, 0.1) is 0 Å². The quantitative estimate of drug-likeness (QED) is 0.631. The largest absolute Gasteiger partial charge is 0.480 e. The normalized spacial score (nSPS) is 23.4. The summed E-state index contributed by atoms with van der Waals surface area (Å²) in [6.45, 7) is 0.0399. The fourth-order valence-electron chi connectivity index (χ4n) is 0.782. The molecule has 4 nitrogen and oxygen atoms in total. The van der Waals surface area contributed by atoms with Gasteiger partial charge in [0.1, 0.15) is 0 Å². The Labute approximate surface area is 68.3 Å². The molecule has 62 valence electrons. The second-order valence-corrected chi connectivity index (χ2v) is 3.25. The zero-order valence-corrected chi connectivity index (χ0v) is 6.67. The summed E-state index contributed by atoms with van der Waals surface area (Å²) in [5, 5.41) is 17.8. The van der Waals surface area contributed by atoms with Crippen molar-refractivity contribution >= 4 is 22.8 Å². The van der Waals surface area contributed by atoms with Gasteiger partial charge in [-0.25, -0.2) is 4.79 Å². The minimum atomic E-state index is -0.884. The molecule has 0 saturated carbocycles. The molecule has 0 fully saturated rings. The SMILES string of the molecule is O=C(O)C1CSC(CCO)=N1. The standard InChI is InChI=1S/C6H9NO3S/c8-2-1-5-7-4(3-11-5)6(9)10/h4,8H,1-3H2,(H,9,10). The van der Waals surface area contributed by atoms with Crippen LogP contribution in [-0.4, -0.2) is 39.6 Å². The number of carboxylic acids is 1. The highest BCUT2D eigenvalue weighted by molar-refractivity contribution is 8.14. The number of nitrogens with zero attached hydrogens (tertiary/aromatic N) is 1. The Morgan fingerprint density at radius 1 is 1.82 bits per heavy atom. The molecule has 0 aliphatic carbocycles. The molecule has 1 rings (SSSR count). The number of aliphatic hydroxyl groups excluding tert-OH is 1. The molecule has 0 spiro atoms. The van der Waals surface area contributed by atoms with Crippen LogP contribution in [0.15, 0.2) is 4.99 Å². The summed E-state index contributed by atoms with van der Waals surface area (Å²) in [4.78, 5) is 14.3. The average Bonchev–Trinajstić information content (AvgIpc) is 2.37. The van der Waals surface area contributed by atoms with Crippen molar-refractivity contribution in [2.24, 2.45) is 4.99 Å². The molecular weight excluding hydrogens is 166 g/mol. The van der Waals surface area contributed by atoms with Crippen molar-refractivity contribution in [3.8, 4) is 0 Å². The highest BCUT2D eigenvalue weighted by Gasteiger charge is 2.23. The van der Waals surface area contributed by atoms with Gasteiger partial charge in [0.25, 0.3) is 0 Å². The number of rotatable bonds is 3. The lowest BCUT2D eigenvalue weighted by Crippen LogP contribution is -2.17. The monoisotopic (exact) mass is 175 g/mol. The van der Waals surface area contributed by atoms with E-state index in [4.69, 9.17) is 10.2 Å². The van der Waals surface area contributed by atoms with E-state index in [1.165, 1.54) is 11.8 Å². The topological polar surface area (TPSA) is 69.9 Å².